The lowest BCUT2D eigenvalue weighted by atomic mass is 9.92. The molecule has 1 aliphatic rings. The number of carbonyl (C=O) groups excluding carboxylic acids is 3. The Kier molecular flexibility index (Phi) is 5.15. The third-order valence-electron chi connectivity index (χ3n) is 4.37. The number of amides is 4. The molecule has 0 radical (unpaired) electrons. The van der Waals surface area contributed by atoms with Crippen LogP contribution in [0.3, 0.4) is 0 Å². The Morgan fingerprint density at radius 1 is 1.31 bits per heavy atom. The first-order valence-electron chi connectivity index (χ1n) is 7.98. The van der Waals surface area contributed by atoms with E-state index in [1.54, 1.807) is 43.5 Å². The number of rotatable bonds is 5. The van der Waals surface area contributed by atoms with Gasteiger partial charge in [0.1, 0.15) is 12.1 Å². The highest BCUT2D eigenvalue weighted by atomic mass is 79.9. The molecule has 0 spiro atoms. The summed E-state index contributed by atoms with van der Waals surface area (Å²) in [6, 6.07) is 10.5. The number of nitrogens with zero attached hydrogens (tertiary/aromatic N) is 2. The van der Waals surface area contributed by atoms with E-state index in [0.29, 0.717) is 12.1 Å². The summed E-state index contributed by atoms with van der Waals surface area (Å²) in [4.78, 5) is 41.2. The maximum atomic E-state index is 12.9. The molecule has 1 aromatic carbocycles. The zero-order chi connectivity index (χ0) is 18.9. The van der Waals surface area contributed by atoms with E-state index in [2.05, 4.69) is 21.2 Å². The molecule has 1 saturated heterocycles. The first-order chi connectivity index (χ1) is 12.3. The van der Waals surface area contributed by atoms with Crippen molar-refractivity contribution in [3.63, 3.8) is 0 Å². The maximum Gasteiger partial charge on any atom is 0.325 e. The van der Waals surface area contributed by atoms with Crippen LogP contribution in [0, 0.1) is 0 Å². The Hall–Kier alpha value is -2.19. The second-order valence-electron chi connectivity index (χ2n) is 6.29. The molecule has 1 aromatic heterocycles. The van der Waals surface area contributed by atoms with Crippen molar-refractivity contribution in [1.82, 2.24) is 15.1 Å². The fraction of sp³-hybridized carbons (Fsp3) is 0.278. The van der Waals surface area contributed by atoms with Crippen molar-refractivity contribution in [1.29, 1.82) is 0 Å². The normalized spacial score (nSPS) is 19.6. The highest BCUT2D eigenvalue weighted by Crippen LogP contribution is 2.30. The fourth-order valence-corrected chi connectivity index (χ4v) is 3.97. The van der Waals surface area contributed by atoms with Gasteiger partial charge < -0.3 is 10.2 Å². The van der Waals surface area contributed by atoms with E-state index in [-0.39, 0.29) is 12.5 Å². The van der Waals surface area contributed by atoms with E-state index >= 15 is 0 Å². The molecule has 1 fully saturated rings. The number of urea groups is 1. The number of likely N-dealkylation sites (N-methyl/N-ethyl adjacent to an activating group) is 1. The van der Waals surface area contributed by atoms with Crippen molar-refractivity contribution in [3.8, 4) is 0 Å². The van der Waals surface area contributed by atoms with Gasteiger partial charge >= 0.3 is 6.03 Å². The lowest BCUT2D eigenvalue weighted by Gasteiger charge is -2.23. The van der Waals surface area contributed by atoms with Crippen molar-refractivity contribution in [3.05, 3.63) is 56.7 Å². The molecular weight excluding hydrogens is 418 g/mol. The lowest BCUT2D eigenvalue weighted by molar-refractivity contribution is -0.138. The molecule has 1 aliphatic heterocycles. The minimum absolute atomic E-state index is 0.282. The first kappa shape index (κ1) is 18.6. The van der Waals surface area contributed by atoms with Gasteiger partial charge in [0, 0.05) is 16.4 Å². The summed E-state index contributed by atoms with van der Waals surface area (Å²) >= 11 is 4.93. The monoisotopic (exact) mass is 435 g/mol. The molecule has 0 saturated carbocycles. The summed E-state index contributed by atoms with van der Waals surface area (Å²) in [5, 5.41) is 4.65. The van der Waals surface area contributed by atoms with Crippen molar-refractivity contribution in [2.24, 2.45) is 0 Å². The zero-order valence-corrected chi connectivity index (χ0v) is 16.8. The molecule has 0 aliphatic carbocycles. The number of benzene rings is 1. The molecule has 8 heteroatoms. The van der Waals surface area contributed by atoms with E-state index in [1.165, 1.54) is 4.90 Å². The Morgan fingerprint density at radius 2 is 2.08 bits per heavy atom. The van der Waals surface area contributed by atoms with E-state index in [1.807, 2.05) is 23.6 Å². The largest absolute Gasteiger partial charge is 0.339 e. The average Bonchev–Trinajstić information content (AvgIpc) is 3.18. The van der Waals surface area contributed by atoms with Crippen LogP contribution >= 0.6 is 27.3 Å². The number of imide groups is 1. The van der Waals surface area contributed by atoms with E-state index < -0.39 is 17.5 Å². The Labute approximate surface area is 163 Å². The Balaban J connectivity index is 1.73. The van der Waals surface area contributed by atoms with Crippen LogP contribution in [0.2, 0.25) is 0 Å². The molecule has 0 bridgehead atoms. The van der Waals surface area contributed by atoms with Crippen LogP contribution in [-0.2, 0) is 21.7 Å². The predicted molar refractivity (Wildman–Crippen MR) is 103 cm³/mol. The summed E-state index contributed by atoms with van der Waals surface area (Å²) in [6.45, 7) is 1.81. The zero-order valence-electron chi connectivity index (χ0n) is 14.4. The minimum Gasteiger partial charge on any atom is -0.339 e. The van der Waals surface area contributed by atoms with Gasteiger partial charge in [-0.25, -0.2) is 4.79 Å². The van der Waals surface area contributed by atoms with Gasteiger partial charge in [-0.2, -0.15) is 0 Å². The van der Waals surface area contributed by atoms with Gasteiger partial charge in [-0.05, 0) is 36.1 Å². The average molecular weight is 436 g/mol. The number of hydrogen-bond acceptors (Lipinski definition) is 4. The van der Waals surface area contributed by atoms with Crippen molar-refractivity contribution < 1.29 is 14.4 Å². The summed E-state index contributed by atoms with van der Waals surface area (Å²) in [5.41, 5.74) is -0.528. The summed E-state index contributed by atoms with van der Waals surface area (Å²) in [7, 11) is 1.66. The number of carbonyl (C=O) groups is 3. The fourth-order valence-electron chi connectivity index (χ4n) is 2.82. The number of nitrogens with one attached hydrogen (secondary N) is 1. The van der Waals surface area contributed by atoms with Gasteiger partial charge in [0.2, 0.25) is 5.91 Å². The second kappa shape index (κ2) is 7.20. The maximum absolute atomic E-state index is 12.9. The van der Waals surface area contributed by atoms with E-state index in [4.69, 9.17) is 0 Å². The van der Waals surface area contributed by atoms with Crippen molar-refractivity contribution >= 4 is 45.1 Å². The van der Waals surface area contributed by atoms with E-state index in [9.17, 15) is 14.4 Å². The molecule has 26 heavy (non-hydrogen) atoms. The van der Waals surface area contributed by atoms with Crippen molar-refractivity contribution in [2.45, 2.75) is 19.0 Å². The van der Waals surface area contributed by atoms with Gasteiger partial charge in [0.05, 0.1) is 6.54 Å². The number of thiophene rings is 1. The molecule has 2 heterocycles. The highest BCUT2D eigenvalue weighted by molar-refractivity contribution is 9.10. The molecule has 1 N–H and O–H groups in total. The molecule has 136 valence electrons. The standard InChI is InChI=1S/C18H18BrN3O3S/c1-18(12-5-3-6-13(19)9-12)16(24)22(17(25)20-18)11-15(23)21(2)10-14-7-4-8-26-14/h3-9H,10-11H2,1-2H3,(H,20,25). The van der Waals surface area contributed by atoms with Crippen LogP contribution in [0.25, 0.3) is 0 Å². The molecule has 1 unspecified atom stereocenters. The van der Waals surface area contributed by atoms with Crippen LogP contribution in [0.4, 0.5) is 4.79 Å². The van der Waals surface area contributed by atoms with Gasteiger partial charge in [-0.1, -0.05) is 34.1 Å². The second-order valence-corrected chi connectivity index (χ2v) is 8.23. The van der Waals surface area contributed by atoms with Gasteiger partial charge in [-0.3, -0.25) is 14.5 Å². The molecule has 6 nitrogen and oxygen atoms in total. The number of halogens is 1. The molecule has 2 aromatic rings. The molecule has 4 amide bonds. The van der Waals surface area contributed by atoms with Crippen LogP contribution < -0.4 is 5.32 Å². The van der Waals surface area contributed by atoms with Gasteiger partial charge in [-0.15, -0.1) is 11.3 Å². The Bertz CT molecular complexity index is 855. The van der Waals surface area contributed by atoms with Crippen molar-refractivity contribution in [2.75, 3.05) is 13.6 Å². The van der Waals surface area contributed by atoms with Gasteiger partial charge in [0.25, 0.3) is 5.91 Å². The van der Waals surface area contributed by atoms with Crippen LogP contribution in [-0.4, -0.2) is 41.2 Å². The van der Waals surface area contributed by atoms with Crippen LogP contribution in [0.5, 0.6) is 0 Å². The summed E-state index contributed by atoms with van der Waals surface area (Å²) in [5.74, 6) is -0.723. The quantitative estimate of drug-likeness (QED) is 0.733. The lowest BCUT2D eigenvalue weighted by Crippen LogP contribution is -2.43. The molecule has 1 atom stereocenters. The van der Waals surface area contributed by atoms with E-state index in [0.717, 1.165) is 14.2 Å². The molecule has 3 rings (SSSR count). The number of hydrogen-bond donors (Lipinski definition) is 1. The van der Waals surface area contributed by atoms with Crippen LogP contribution in [0.1, 0.15) is 17.4 Å². The third kappa shape index (κ3) is 3.52. The first-order valence-corrected chi connectivity index (χ1v) is 9.65. The highest BCUT2D eigenvalue weighted by Gasteiger charge is 2.49. The topological polar surface area (TPSA) is 69.7 Å². The third-order valence-corrected chi connectivity index (χ3v) is 5.72. The van der Waals surface area contributed by atoms with Gasteiger partial charge in [0.15, 0.2) is 0 Å². The Morgan fingerprint density at radius 3 is 2.73 bits per heavy atom. The summed E-state index contributed by atoms with van der Waals surface area (Å²) < 4.78 is 0.809. The SMILES string of the molecule is CN(Cc1cccs1)C(=O)CN1C(=O)NC(C)(c2cccc(Br)c2)C1=O. The van der Waals surface area contributed by atoms with Crippen LogP contribution in [0.15, 0.2) is 46.3 Å². The molecular formula is C18H18BrN3O3S. The summed E-state index contributed by atoms with van der Waals surface area (Å²) in [6.07, 6.45) is 0. The predicted octanol–water partition coefficient (Wildman–Crippen LogP) is 2.94. The smallest absolute Gasteiger partial charge is 0.325 e. The minimum atomic E-state index is -1.19.